The van der Waals surface area contributed by atoms with Crippen molar-refractivity contribution in [3.05, 3.63) is 59.9 Å². The molecule has 1 heterocycles. The van der Waals surface area contributed by atoms with Gasteiger partial charge in [-0.2, -0.15) is 5.26 Å². The van der Waals surface area contributed by atoms with Crippen LogP contribution in [-0.4, -0.2) is 4.98 Å². The quantitative estimate of drug-likeness (QED) is 0.907. The highest BCUT2D eigenvalue weighted by Crippen LogP contribution is 2.25. The Morgan fingerprint density at radius 1 is 1.10 bits per heavy atom. The minimum Gasteiger partial charge on any atom is -0.379 e. The zero-order chi connectivity index (χ0) is 14.6. The van der Waals surface area contributed by atoms with Crippen LogP contribution in [0.3, 0.4) is 0 Å². The Hall–Kier alpha value is -2.34. The molecule has 0 spiro atoms. The molecular weight excluding hydrogens is 246 g/mol. The summed E-state index contributed by atoms with van der Waals surface area (Å²) in [5.74, 6) is 0. The molecule has 1 aromatic heterocycles. The molecule has 3 heteroatoms. The summed E-state index contributed by atoms with van der Waals surface area (Å²) < 4.78 is 0. The van der Waals surface area contributed by atoms with E-state index in [1.807, 2.05) is 50.2 Å². The van der Waals surface area contributed by atoms with E-state index in [1.165, 1.54) is 5.56 Å². The van der Waals surface area contributed by atoms with Gasteiger partial charge in [-0.25, -0.2) is 0 Å². The van der Waals surface area contributed by atoms with E-state index < -0.39 is 5.41 Å². The first-order chi connectivity index (χ1) is 9.53. The van der Waals surface area contributed by atoms with E-state index in [4.69, 9.17) is 5.26 Å². The molecule has 2 rings (SSSR count). The zero-order valence-corrected chi connectivity index (χ0v) is 12.1. The predicted octanol–water partition coefficient (Wildman–Crippen LogP) is 4.06. The van der Waals surface area contributed by atoms with Gasteiger partial charge in [0.1, 0.15) is 0 Å². The second-order valence-electron chi connectivity index (χ2n) is 5.46. The summed E-state index contributed by atoms with van der Waals surface area (Å²) in [4.78, 5) is 4.02. The van der Waals surface area contributed by atoms with E-state index in [0.29, 0.717) is 0 Å². The lowest BCUT2D eigenvalue weighted by atomic mass is 9.86. The topological polar surface area (TPSA) is 48.7 Å². The minimum absolute atomic E-state index is 0.216. The average Bonchev–Trinajstić information content (AvgIpc) is 2.48. The monoisotopic (exact) mass is 265 g/mol. The Balaban J connectivity index is 2.10. The van der Waals surface area contributed by atoms with Gasteiger partial charge >= 0.3 is 0 Å². The fraction of sp³-hybridized carbons (Fsp3) is 0.294. The molecule has 0 amide bonds. The molecule has 1 N–H and O–H groups in total. The van der Waals surface area contributed by atoms with Crippen molar-refractivity contribution < 1.29 is 0 Å². The van der Waals surface area contributed by atoms with Gasteiger partial charge in [-0.05, 0) is 56.2 Å². The van der Waals surface area contributed by atoms with E-state index in [2.05, 4.69) is 23.3 Å². The molecule has 0 bridgehead atoms. The number of hydrogen-bond acceptors (Lipinski definition) is 3. The zero-order valence-electron chi connectivity index (χ0n) is 12.1. The molecule has 1 aromatic carbocycles. The molecule has 2 aromatic rings. The van der Waals surface area contributed by atoms with Crippen LogP contribution in [0, 0.1) is 11.3 Å². The highest BCUT2D eigenvalue weighted by atomic mass is 14.9. The highest BCUT2D eigenvalue weighted by molar-refractivity contribution is 5.48. The van der Waals surface area contributed by atoms with Gasteiger partial charge in [0, 0.05) is 24.1 Å². The molecule has 1 atom stereocenters. The van der Waals surface area contributed by atoms with Crippen molar-refractivity contribution in [2.45, 2.75) is 32.2 Å². The second-order valence-corrected chi connectivity index (χ2v) is 5.46. The van der Waals surface area contributed by atoms with Gasteiger partial charge < -0.3 is 5.32 Å². The predicted molar refractivity (Wildman–Crippen MR) is 81.4 cm³/mol. The van der Waals surface area contributed by atoms with Crippen LogP contribution in [0.25, 0.3) is 0 Å². The molecular formula is C17H19N3. The first-order valence-electron chi connectivity index (χ1n) is 6.71. The normalized spacial score (nSPS) is 12.5. The molecule has 0 saturated heterocycles. The maximum absolute atomic E-state index is 9.14. The highest BCUT2D eigenvalue weighted by Gasteiger charge is 2.19. The first-order valence-corrected chi connectivity index (χ1v) is 6.71. The van der Waals surface area contributed by atoms with Crippen molar-refractivity contribution in [3.8, 4) is 6.07 Å². The van der Waals surface area contributed by atoms with Gasteiger partial charge in [0.05, 0.1) is 11.5 Å². The largest absolute Gasteiger partial charge is 0.379 e. The van der Waals surface area contributed by atoms with Crippen LogP contribution in [0.15, 0.2) is 48.8 Å². The fourth-order valence-electron chi connectivity index (χ4n) is 2.03. The smallest absolute Gasteiger partial charge is 0.0766 e. The van der Waals surface area contributed by atoms with Crippen LogP contribution < -0.4 is 5.32 Å². The fourth-order valence-corrected chi connectivity index (χ4v) is 2.03. The number of rotatable bonds is 4. The minimum atomic E-state index is -0.449. The first kappa shape index (κ1) is 14.1. The average molecular weight is 265 g/mol. The molecule has 0 aliphatic carbocycles. The van der Waals surface area contributed by atoms with E-state index in [1.54, 1.807) is 12.4 Å². The third-order valence-corrected chi connectivity index (χ3v) is 3.48. The molecule has 0 radical (unpaired) electrons. The van der Waals surface area contributed by atoms with Gasteiger partial charge in [-0.1, -0.05) is 12.1 Å². The summed E-state index contributed by atoms with van der Waals surface area (Å²) in [5, 5.41) is 12.6. The lowest BCUT2D eigenvalue weighted by Gasteiger charge is -2.18. The van der Waals surface area contributed by atoms with Crippen molar-refractivity contribution in [2.75, 3.05) is 5.32 Å². The van der Waals surface area contributed by atoms with Gasteiger partial charge in [0.15, 0.2) is 0 Å². The van der Waals surface area contributed by atoms with Crippen LogP contribution in [0.5, 0.6) is 0 Å². The number of nitrogens with zero attached hydrogens (tertiary/aromatic N) is 2. The lowest BCUT2D eigenvalue weighted by Crippen LogP contribution is -2.14. The number of nitriles is 1. The number of pyridine rings is 1. The Labute approximate surface area is 120 Å². The number of nitrogens with one attached hydrogen (secondary N) is 1. The maximum atomic E-state index is 9.14. The molecule has 0 aliphatic rings. The van der Waals surface area contributed by atoms with Crippen molar-refractivity contribution in [2.24, 2.45) is 0 Å². The summed E-state index contributed by atoms with van der Waals surface area (Å²) in [5.41, 5.74) is 2.82. The standard InChI is InChI=1S/C17H19N3/c1-13(14-8-10-19-11-9-14)20-16-6-4-15(5-7-16)17(2,3)12-18/h4-11,13,20H,1-3H3. The van der Waals surface area contributed by atoms with E-state index in [-0.39, 0.29) is 6.04 Å². The number of anilines is 1. The van der Waals surface area contributed by atoms with E-state index >= 15 is 0 Å². The molecule has 1 unspecified atom stereocenters. The van der Waals surface area contributed by atoms with Gasteiger partial charge in [-0.15, -0.1) is 0 Å². The molecule has 0 aliphatic heterocycles. The molecule has 0 fully saturated rings. The van der Waals surface area contributed by atoms with Gasteiger partial charge in [-0.3, -0.25) is 4.98 Å². The van der Waals surface area contributed by atoms with Gasteiger partial charge in [0.25, 0.3) is 0 Å². The van der Waals surface area contributed by atoms with Gasteiger partial charge in [0.2, 0.25) is 0 Å². The summed E-state index contributed by atoms with van der Waals surface area (Å²) in [6.45, 7) is 5.96. The van der Waals surface area contributed by atoms with Crippen LogP contribution >= 0.6 is 0 Å². The van der Waals surface area contributed by atoms with E-state index in [9.17, 15) is 0 Å². The number of aromatic nitrogens is 1. The number of benzene rings is 1. The summed E-state index contributed by atoms with van der Waals surface area (Å²) in [6, 6.07) is 14.6. The van der Waals surface area contributed by atoms with Crippen LogP contribution in [0.1, 0.15) is 37.9 Å². The summed E-state index contributed by atoms with van der Waals surface area (Å²) in [7, 11) is 0. The van der Waals surface area contributed by atoms with Crippen LogP contribution in [0.2, 0.25) is 0 Å². The molecule has 0 saturated carbocycles. The lowest BCUT2D eigenvalue weighted by molar-refractivity contribution is 0.687. The third-order valence-electron chi connectivity index (χ3n) is 3.48. The van der Waals surface area contributed by atoms with Crippen molar-refractivity contribution in [1.29, 1.82) is 5.26 Å². The maximum Gasteiger partial charge on any atom is 0.0766 e. The van der Waals surface area contributed by atoms with E-state index in [0.717, 1.165) is 11.3 Å². The van der Waals surface area contributed by atoms with Crippen molar-refractivity contribution in [1.82, 2.24) is 4.98 Å². The Morgan fingerprint density at radius 2 is 1.70 bits per heavy atom. The molecule has 102 valence electrons. The number of hydrogen-bond donors (Lipinski definition) is 1. The molecule has 20 heavy (non-hydrogen) atoms. The van der Waals surface area contributed by atoms with Crippen molar-refractivity contribution >= 4 is 5.69 Å². The summed E-state index contributed by atoms with van der Waals surface area (Å²) in [6.07, 6.45) is 3.60. The SMILES string of the molecule is CC(Nc1ccc(C(C)(C)C#N)cc1)c1ccncc1. The van der Waals surface area contributed by atoms with Crippen LogP contribution in [0.4, 0.5) is 5.69 Å². The molecule has 3 nitrogen and oxygen atoms in total. The third kappa shape index (κ3) is 3.16. The Morgan fingerprint density at radius 3 is 2.25 bits per heavy atom. The van der Waals surface area contributed by atoms with Crippen molar-refractivity contribution in [3.63, 3.8) is 0 Å². The second kappa shape index (κ2) is 5.75. The Bertz CT molecular complexity index is 594. The summed E-state index contributed by atoms with van der Waals surface area (Å²) >= 11 is 0. The Kier molecular flexibility index (Phi) is 4.05. The van der Waals surface area contributed by atoms with Crippen LogP contribution in [-0.2, 0) is 5.41 Å².